The van der Waals surface area contributed by atoms with Gasteiger partial charge in [0, 0.05) is 5.92 Å². The van der Waals surface area contributed by atoms with Crippen LogP contribution < -0.4 is 0 Å². The predicted molar refractivity (Wildman–Crippen MR) is 125 cm³/mol. The molecule has 1 saturated carbocycles. The summed E-state index contributed by atoms with van der Waals surface area (Å²) in [6, 6.07) is 8.53. The zero-order chi connectivity index (χ0) is 21.5. The first-order valence-corrected chi connectivity index (χ1v) is 11.9. The minimum absolute atomic E-state index is 0.187. The van der Waals surface area contributed by atoms with Gasteiger partial charge in [0.2, 0.25) is 0 Å². The third-order valence-corrected chi connectivity index (χ3v) is 6.96. The Labute approximate surface area is 183 Å². The molecule has 1 aromatic carbocycles. The molecule has 0 aromatic heterocycles. The second-order valence-corrected chi connectivity index (χ2v) is 9.83. The van der Waals surface area contributed by atoms with Crippen LogP contribution in [0.1, 0.15) is 56.1 Å². The van der Waals surface area contributed by atoms with Crippen LogP contribution in [0.4, 0.5) is 0 Å². The van der Waals surface area contributed by atoms with Crippen molar-refractivity contribution in [2.75, 3.05) is 20.6 Å². The monoisotopic (exact) mass is 411 g/mol. The van der Waals surface area contributed by atoms with Gasteiger partial charge in [0.15, 0.2) is 0 Å². The maximum atomic E-state index is 10.6. The van der Waals surface area contributed by atoms with Gasteiger partial charge in [-0.3, -0.25) is 0 Å². The molecule has 0 unspecified atom stereocenters. The topological polar surface area (TPSA) is 43.7 Å². The lowest BCUT2D eigenvalue weighted by Gasteiger charge is -2.19. The van der Waals surface area contributed by atoms with Crippen LogP contribution in [0.5, 0.6) is 0 Å². The number of aryl methyl sites for hydroxylation is 2. The number of hydrogen-bond donors (Lipinski definition) is 2. The average Bonchev–Trinajstić information content (AvgIpc) is 3.21. The minimum atomic E-state index is -0.442. The van der Waals surface area contributed by atoms with Crippen molar-refractivity contribution in [1.29, 1.82) is 0 Å². The lowest BCUT2D eigenvalue weighted by atomic mass is 9.88. The van der Waals surface area contributed by atoms with E-state index >= 15 is 0 Å². The molecule has 5 atom stereocenters. The van der Waals surface area contributed by atoms with Gasteiger partial charge in [0.25, 0.3) is 0 Å². The molecule has 1 aromatic rings. The highest BCUT2D eigenvalue weighted by Crippen LogP contribution is 2.48. The van der Waals surface area contributed by atoms with Crippen LogP contribution in [-0.4, -0.2) is 48.0 Å². The number of fused-ring (bicyclic) bond motifs is 1. The molecule has 0 radical (unpaired) electrons. The van der Waals surface area contributed by atoms with Crippen LogP contribution in [0.3, 0.4) is 0 Å². The third-order valence-electron chi connectivity index (χ3n) is 6.96. The van der Waals surface area contributed by atoms with Gasteiger partial charge >= 0.3 is 0 Å². The van der Waals surface area contributed by atoms with E-state index in [2.05, 4.69) is 62.3 Å². The molecule has 2 aliphatic carbocycles. The van der Waals surface area contributed by atoms with E-state index in [1.54, 1.807) is 5.57 Å². The van der Waals surface area contributed by atoms with Crippen molar-refractivity contribution in [3.05, 3.63) is 59.2 Å². The fourth-order valence-corrected chi connectivity index (χ4v) is 5.17. The van der Waals surface area contributed by atoms with E-state index in [1.807, 2.05) is 6.08 Å². The van der Waals surface area contributed by atoms with Crippen molar-refractivity contribution in [2.24, 2.45) is 17.8 Å². The lowest BCUT2D eigenvalue weighted by molar-refractivity contribution is 0.139. The largest absolute Gasteiger partial charge is 0.392 e. The molecule has 0 amide bonds. The van der Waals surface area contributed by atoms with E-state index < -0.39 is 6.10 Å². The first kappa shape index (κ1) is 23.2. The first-order chi connectivity index (χ1) is 14.4. The predicted octanol–water partition coefficient (Wildman–Crippen LogP) is 4.91. The van der Waals surface area contributed by atoms with Crippen LogP contribution in [-0.2, 0) is 6.42 Å². The Bertz CT molecular complexity index is 706. The molecule has 0 spiro atoms. The van der Waals surface area contributed by atoms with Crippen LogP contribution in [0.2, 0.25) is 0 Å². The summed E-state index contributed by atoms with van der Waals surface area (Å²) >= 11 is 0. The Morgan fingerprint density at radius 3 is 2.60 bits per heavy atom. The number of hydrogen-bond acceptors (Lipinski definition) is 3. The summed E-state index contributed by atoms with van der Waals surface area (Å²) < 4.78 is 0. The molecule has 166 valence electrons. The van der Waals surface area contributed by atoms with Crippen molar-refractivity contribution < 1.29 is 10.2 Å². The van der Waals surface area contributed by atoms with Gasteiger partial charge in [-0.25, -0.2) is 0 Å². The molecule has 30 heavy (non-hydrogen) atoms. The smallest absolute Gasteiger partial charge is 0.0724 e. The molecule has 3 rings (SSSR count). The van der Waals surface area contributed by atoms with E-state index in [0.717, 1.165) is 25.7 Å². The maximum Gasteiger partial charge on any atom is 0.0724 e. The summed E-state index contributed by atoms with van der Waals surface area (Å²) in [5, 5.41) is 21.0. The van der Waals surface area contributed by atoms with Crippen LogP contribution >= 0.6 is 0 Å². The van der Waals surface area contributed by atoms with Crippen LogP contribution in [0, 0.1) is 24.7 Å². The number of allylic oxidation sites excluding steroid dienone is 2. The fraction of sp³-hybridized carbons (Fsp3) is 0.630. The Morgan fingerprint density at radius 1 is 1.10 bits per heavy atom. The molecular formula is C27H41NO2. The van der Waals surface area contributed by atoms with Crippen molar-refractivity contribution in [3.63, 3.8) is 0 Å². The summed E-state index contributed by atoms with van der Waals surface area (Å²) in [5.41, 5.74) is 4.13. The van der Waals surface area contributed by atoms with Crippen molar-refractivity contribution in [1.82, 2.24) is 4.90 Å². The molecular weight excluding hydrogens is 370 g/mol. The number of rotatable bonds is 11. The zero-order valence-electron chi connectivity index (χ0n) is 19.1. The average molecular weight is 412 g/mol. The Morgan fingerprint density at radius 2 is 1.87 bits per heavy atom. The summed E-state index contributed by atoms with van der Waals surface area (Å²) in [6.07, 6.45) is 14.5. The molecule has 0 bridgehead atoms. The second-order valence-electron chi connectivity index (χ2n) is 9.83. The molecule has 0 heterocycles. The highest BCUT2D eigenvalue weighted by molar-refractivity contribution is 5.22. The van der Waals surface area contributed by atoms with Gasteiger partial charge in [-0.2, -0.15) is 0 Å². The molecule has 2 N–H and O–H groups in total. The molecule has 0 saturated heterocycles. The highest BCUT2D eigenvalue weighted by Gasteiger charge is 2.43. The molecule has 3 nitrogen and oxygen atoms in total. The van der Waals surface area contributed by atoms with Gasteiger partial charge in [0.05, 0.1) is 12.2 Å². The summed E-state index contributed by atoms with van der Waals surface area (Å²) in [6.45, 7) is 3.27. The van der Waals surface area contributed by atoms with E-state index in [0.29, 0.717) is 11.8 Å². The van der Waals surface area contributed by atoms with Gasteiger partial charge < -0.3 is 15.1 Å². The minimum Gasteiger partial charge on any atom is -0.392 e. The Balaban J connectivity index is 1.42. The summed E-state index contributed by atoms with van der Waals surface area (Å²) in [7, 11) is 4.28. The van der Waals surface area contributed by atoms with Gasteiger partial charge in [0.1, 0.15) is 0 Å². The second kappa shape index (κ2) is 11.3. The third kappa shape index (κ3) is 6.80. The van der Waals surface area contributed by atoms with Crippen molar-refractivity contribution in [3.8, 4) is 0 Å². The van der Waals surface area contributed by atoms with E-state index in [-0.39, 0.29) is 12.0 Å². The highest BCUT2D eigenvalue weighted by atomic mass is 16.3. The first-order valence-electron chi connectivity index (χ1n) is 11.9. The van der Waals surface area contributed by atoms with Gasteiger partial charge in [-0.15, -0.1) is 0 Å². The number of aliphatic hydroxyl groups is 2. The van der Waals surface area contributed by atoms with Crippen molar-refractivity contribution >= 4 is 0 Å². The Hall–Kier alpha value is -1.42. The molecule has 2 aliphatic rings. The number of nitrogens with zero attached hydrogens (tertiary/aromatic N) is 1. The standard InChI is InChI=1S/C27H41NO2/c1-20-8-10-21(11-9-20)12-13-24(29)14-15-25-26-18-22(17-23(26)19-27(25)30)7-5-4-6-16-28(2)3/h8-11,14-15,17,23-27,29-30H,4-7,12-13,16,18-19H2,1-3H3/t23-,24-,25+,26-,27+/m0/s1. The SMILES string of the molecule is Cc1ccc(CC[C@H](O)C=C[C@@H]2[C@H]3CC(CCCCCN(C)C)=C[C@H]3C[C@H]2O)cc1. The number of aliphatic hydroxyl groups excluding tert-OH is 2. The normalized spacial score (nSPS) is 27.1. The molecule has 1 fully saturated rings. The van der Waals surface area contributed by atoms with E-state index in [9.17, 15) is 10.2 Å². The fourth-order valence-electron chi connectivity index (χ4n) is 5.17. The summed E-state index contributed by atoms with van der Waals surface area (Å²) in [5.74, 6) is 1.24. The molecule has 3 heteroatoms. The maximum absolute atomic E-state index is 10.6. The van der Waals surface area contributed by atoms with E-state index in [4.69, 9.17) is 0 Å². The number of benzene rings is 1. The Kier molecular flexibility index (Phi) is 8.73. The molecule has 0 aliphatic heterocycles. The van der Waals surface area contributed by atoms with Gasteiger partial charge in [-0.05, 0) is 89.9 Å². The zero-order valence-corrected chi connectivity index (χ0v) is 19.1. The quantitative estimate of drug-likeness (QED) is 0.402. The summed E-state index contributed by atoms with van der Waals surface area (Å²) in [4.78, 5) is 2.26. The van der Waals surface area contributed by atoms with Crippen molar-refractivity contribution in [2.45, 2.75) is 70.5 Å². The number of unbranched alkanes of at least 4 members (excludes halogenated alkanes) is 2. The lowest BCUT2D eigenvalue weighted by Crippen LogP contribution is -2.18. The van der Waals surface area contributed by atoms with E-state index in [1.165, 1.54) is 43.4 Å². The van der Waals surface area contributed by atoms with Gasteiger partial charge in [-0.1, -0.05) is 60.1 Å². The van der Waals surface area contributed by atoms with Crippen LogP contribution in [0.15, 0.2) is 48.1 Å². The van der Waals surface area contributed by atoms with Crippen LogP contribution in [0.25, 0.3) is 0 Å².